The molecule has 1 fully saturated rings. The zero-order valence-electron chi connectivity index (χ0n) is 10.1. The summed E-state index contributed by atoms with van der Waals surface area (Å²) in [4.78, 5) is 6.78. The quantitative estimate of drug-likeness (QED) is 0.920. The van der Waals surface area contributed by atoms with Crippen molar-refractivity contribution in [2.75, 3.05) is 18.0 Å². The number of fused-ring (bicyclic) bond motifs is 1. The molecule has 2 aromatic rings. The topological polar surface area (TPSA) is 42.1 Å². The van der Waals surface area contributed by atoms with Crippen LogP contribution in [0.5, 0.6) is 0 Å². The molecule has 94 valence electrons. The van der Waals surface area contributed by atoms with E-state index in [2.05, 4.69) is 16.0 Å². The predicted octanol–water partition coefficient (Wildman–Crippen LogP) is 2.82. The van der Waals surface area contributed by atoms with E-state index in [-0.39, 0.29) is 0 Å². The monoisotopic (exact) mass is 261 g/mol. The molecular formula is C14H16ClN3. The number of hydrogen-bond donors (Lipinski definition) is 1. The van der Waals surface area contributed by atoms with Crippen LogP contribution in [-0.4, -0.2) is 24.1 Å². The highest BCUT2D eigenvalue weighted by molar-refractivity contribution is 6.31. The molecule has 0 spiro atoms. The minimum absolute atomic E-state index is 0.648. The molecule has 0 bridgehead atoms. The van der Waals surface area contributed by atoms with Crippen LogP contribution in [0.1, 0.15) is 12.8 Å². The van der Waals surface area contributed by atoms with Gasteiger partial charge in [0.25, 0.3) is 0 Å². The van der Waals surface area contributed by atoms with Crippen molar-refractivity contribution in [1.29, 1.82) is 0 Å². The molecule has 1 saturated carbocycles. The Hall–Kier alpha value is -1.32. The highest BCUT2D eigenvalue weighted by atomic mass is 35.5. The van der Waals surface area contributed by atoms with Crippen molar-refractivity contribution >= 4 is 28.2 Å². The van der Waals surface area contributed by atoms with E-state index >= 15 is 0 Å². The number of pyridine rings is 1. The van der Waals surface area contributed by atoms with Gasteiger partial charge in [-0.2, -0.15) is 0 Å². The van der Waals surface area contributed by atoms with Gasteiger partial charge in [0.1, 0.15) is 0 Å². The Morgan fingerprint density at radius 1 is 1.33 bits per heavy atom. The fourth-order valence-corrected chi connectivity index (χ4v) is 2.55. The smallest absolute Gasteiger partial charge is 0.0737 e. The van der Waals surface area contributed by atoms with Crippen LogP contribution in [0, 0.1) is 0 Å². The maximum Gasteiger partial charge on any atom is 0.0737 e. The van der Waals surface area contributed by atoms with Gasteiger partial charge in [0.15, 0.2) is 0 Å². The number of halogens is 1. The largest absolute Gasteiger partial charge is 0.367 e. The fourth-order valence-electron chi connectivity index (χ4n) is 2.38. The molecule has 3 rings (SSSR count). The first-order chi connectivity index (χ1) is 8.79. The van der Waals surface area contributed by atoms with Crippen LogP contribution in [0.4, 0.5) is 5.69 Å². The molecule has 3 nitrogen and oxygen atoms in total. The Morgan fingerprint density at radius 3 is 2.89 bits per heavy atom. The molecule has 0 aliphatic heterocycles. The Labute approximate surface area is 112 Å². The van der Waals surface area contributed by atoms with Crippen LogP contribution in [-0.2, 0) is 0 Å². The van der Waals surface area contributed by atoms with Crippen molar-refractivity contribution in [2.45, 2.75) is 18.9 Å². The molecule has 1 heterocycles. The zero-order chi connectivity index (χ0) is 12.5. The van der Waals surface area contributed by atoms with E-state index in [0.29, 0.717) is 12.6 Å². The van der Waals surface area contributed by atoms with Gasteiger partial charge in [-0.05, 0) is 37.1 Å². The maximum absolute atomic E-state index is 6.01. The predicted molar refractivity (Wildman–Crippen MR) is 76.2 cm³/mol. The van der Waals surface area contributed by atoms with Crippen molar-refractivity contribution in [2.24, 2.45) is 5.73 Å². The molecule has 1 aromatic heterocycles. The second-order valence-electron chi connectivity index (χ2n) is 4.70. The van der Waals surface area contributed by atoms with E-state index in [0.717, 1.165) is 22.5 Å². The van der Waals surface area contributed by atoms with Gasteiger partial charge in [-0.15, -0.1) is 0 Å². The lowest BCUT2D eigenvalue weighted by atomic mass is 10.1. The van der Waals surface area contributed by atoms with Gasteiger partial charge >= 0.3 is 0 Å². The van der Waals surface area contributed by atoms with Crippen molar-refractivity contribution in [3.8, 4) is 0 Å². The average molecular weight is 262 g/mol. The maximum atomic E-state index is 6.01. The number of rotatable bonds is 4. The molecule has 0 amide bonds. The zero-order valence-corrected chi connectivity index (χ0v) is 10.9. The molecule has 1 aliphatic carbocycles. The van der Waals surface area contributed by atoms with E-state index in [4.69, 9.17) is 17.3 Å². The average Bonchev–Trinajstić information content (AvgIpc) is 3.19. The highest BCUT2D eigenvalue weighted by Crippen LogP contribution is 2.35. The molecule has 1 aromatic carbocycles. The summed E-state index contributed by atoms with van der Waals surface area (Å²) in [6.07, 6.45) is 4.37. The van der Waals surface area contributed by atoms with Crippen molar-refractivity contribution in [3.63, 3.8) is 0 Å². The van der Waals surface area contributed by atoms with E-state index in [9.17, 15) is 0 Å². The fraction of sp³-hybridized carbons (Fsp3) is 0.357. The molecule has 0 radical (unpaired) electrons. The first kappa shape index (κ1) is 11.8. The van der Waals surface area contributed by atoms with E-state index in [1.165, 1.54) is 18.5 Å². The lowest BCUT2D eigenvalue weighted by Crippen LogP contribution is -2.31. The number of nitrogens with two attached hydrogens (primary N) is 1. The van der Waals surface area contributed by atoms with Gasteiger partial charge in [-0.25, -0.2) is 0 Å². The first-order valence-corrected chi connectivity index (χ1v) is 6.68. The minimum Gasteiger partial charge on any atom is -0.367 e. The molecule has 0 unspecified atom stereocenters. The molecule has 4 heteroatoms. The number of aromatic nitrogens is 1. The summed E-state index contributed by atoms with van der Waals surface area (Å²) in [5.74, 6) is 0. The third-order valence-electron chi connectivity index (χ3n) is 3.35. The molecule has 1 aliphatic rings. The van der Waals surface area contributed by atoms with E-state index < -0.39 is 0 Å². The Balaban J connectivity index is 2.09. The van der Waals surface area contributed by atoms with Crippen LogP contribution >= 0.6 is 11.6 Å². The van der Waals surface area contributed by atoms with Crippen LogP contribution in [0.3, 0.4) is 0 Å². The number of benzene rings is 1. The number of nitrogens with zero attached hydrogens (tertiary/aromatic N) is 2. The number of hydrogen-bond acceptors (Lipinski definition) is 3. The Kier molecular flexibility index (Phi) is 3.10. The molecule has 2 N–H and O–H groups in total. The number of anilines is 1. The summed E-state index contributed by atoms with van der Waals surface area (Å²) >= 11 is 6.01. The molecule has 0 saturated heterocycles. The van der Waals surface area contributed by atoms with Gasteiger partial charge in [0.2, 0.25) is 0 Å². The molecular weight excluding hydrogens is 246 g/mol. The normalized spacial score (nSPS) is 15.0. The lowest BCUT2D eigenvalue weighted by molar-refractivity contribution is 0.788. The van der Waals surface area contributed by atoms with Gasteiger partial charge in [-0.3, -0.25) is 4.98 Å². The third-order valence-corrected chi connectivity index (χ3v) is 3.58. The van der Waals surface area contributed by atoms with Gasteiger partial charge in [0, 0.05) is 41.4 Å². The molecule has 18 heavy (non-hydrogen) atoms. The first-order valence-electron chi connectivity index (χ1n) is 6.30. The highest BCUT2D eigenvalue weighted by Gasteiger charge is 2.29. The van der Waals surface area contributed by atoms with E-state index in [1.807, 2.05) is 24.4 Å². The lowest BCUT2D eigenvalue weighted by Gasteiger charge is -2.25. The van der Waals surface area contributed by atoms with Gasteiger partial charge in [-0.1, -0.05) is 11.6 Å². The Morgan fingerprint density at radius 2 is 2.17 bits per heavy atom. The van der Waals surface area contributed by atoms with Gasteiger partial charge in [0.05, 0.1) is 5.52 Å². The van der Waals surface area contributed by atoms with Crippen molar-refractivity contribution in [1.82, 2.24) is 4.98 Å². The summed E-state index contributed by atoms with van der Waals surface area (Å²) in [7, 11) is 0. The molecule has 0 atom stereocenters. The summed E-state index contributed by atoms with van der Waals surface area (Å²) < 4.78 is 0. The van der Waals surface area contributed by atoms with E-state index in [1.54, 1.807) is 0 Å². The summed E-state index contributed by atoms with van der Waals surface area (Å²) in [6.45, 7) is 1.57. The minimum atomic E-state index is 0.648. The second-order valence-corrected chi connectivity index (χ2v) is 5.14. The SMILES string of the molecule is NCCN(c1ccnc2cc(Cl)ccc12)C1CC1. The van der Waals surface area contributed by atoms with Crippen LogP contribution < -0.4 is 10.6 Å². The van der Waals surface area contributed by atoms with Gasteiger partial charge < -0.3 is 10.6 Å². The van der Waals surface area contributed by atoms with Crippen LogP contribution in [0.15, 0.2) is 30.5 Å². The summed E-state index contributed by atoms with van der Waals surface area (Å²) in [5.41, 5.74) is 7.90. The van der Waals surface area contributed by atoms with Crippen molar-refractivity contribution < 1.29 is 0 Å². The van der Waals surface area contributed by atoms with Crippen LogP contribution in [0.2, 0.25) is 5.02 Å². The third kappa shape index (κ3) is 2.16. The standard InChI is InChI=1S/C14H16ClN3/c15-10-1-4-12-13(9-10)17-7-5-14(12)18(8-6-16)11-2-3-11/h1,4-5,7,9,11H,2-3,6,8,16H2. The summed E-state index contributed by atoms with van der Waals surface area (Å²) in [5, 5.41) is 1.88. The van der Waals surface area contributed by atoms with Crippen LogP contribution in [0.25, 0.3) is 10.9 Å². The summed E-state index contributed by atoms with van der Waals surface area (Å²) in [6, 6.07) is 8.60. The second kappa shape index (κ2) is 4.75. The Bertz CT molecular complexity index is 566. The van der Waals surface area contributed by atoms with Crippen molar-refractivity contribution in [3.05, 3.63) is 35.5 Å².